The SMILES string of the molecule is Cc1ccccc1CC(=O)c1ccc2c(c1)C(=O)OC21c2cc3c4c(c2Oc2c1cc1c5c2CCCN5CCC1)CCCN4CCC3. The molecule has 1 spiro atoms. The first-order valence-electron chi connectivity index (χ1n) is 17.5. The Balaban J connectivity index is 1.21. The van der Waals surface area contributed by atoms with Crippen LogP contribution in [-0.2, 0) is 42.4 Å². The molecule has 10 rings (SSSR count). The Bertz CT molecular complexity index is 1980. The van der Waals surface area contributed by atoms with Crippen molar-refractivity contribution in [1.29, 1.82) is 0 Å². The third kappa shape index (κ3) is 3.78. The number of ketones is 1. The topological polar surface area (TPSA) is 59.1 Å². The van der Waals surface area contributed by atoms with Crippen LogP contribution < -0.4 is 14.5 Å². The lowest BCUT2D eigenvalue weighted by Crippen LogP contribution is -2.40. The summed E-state index contributed by atoms with van der Waals surface area (Å²) in [5, 5.41) is 0. The lowest BCUT2D eigenvalue weighted by Gasteiger charge is -2.45. The summed E-state index contributed by atoms with van der Waals surface area (Å²) >= 11 is 0. The Kier molecular flexibility index (Phi) is 5.83. The molecule has 0 bridgehead atoms. The zero-order valence-electron chi connectivity index (χ0n) is 26.9. The zero-order chi connectivity index (χ0) is 31.4. The van der Waals surface area contributed by atoms with E-state index in [1.165, 1.54) is 33.6 Å². The molecule has 0 fully saturated rings. The van der Waals surface area contributed by atoms with Gasteiger partial charge in [-0.3, -0.25) is 4.79 Å². The summed E-state index contributed by atoms with van der Waals surface area (Å²) in [6, 6.07) is 18.3. The van der Waals surface area contributed by atoms with E-state index in [9.17, 15) is 9.59 Å². The fraction of sp³-hybridized carbons (Fsp3) is 0.366. The van der Waals surface area contributed by atoms with E-state index in [2.05, 4.69) is 21.9 Å². The molecule has 0 radical (unpaired) electrons. The van der Waals surface area contributed by atoms with Crippen LogP contribution in [0.1, 0.15) is 96.5 Å². The van der Waals surface area contributed by atoms with Gasteiger partial charge in [0.25, 0.3) is 0 Å². The largest absolute Gasteiger partial charge is 0.456 e. The smallest absolute Gasteiger partial charge is 0.340 e. The zero-order valence-corrected chi connectivity index (χ0v) is 26.9. The molecule has 6 aliphatic rings. The minimum atomic E-state index is -1.12. The Hall–Kier alpha value is -4.58. The molecule has 6 heteroatoms. The van der Waals surface area contributed by atoms with Crippen molar-refractivity contribution >= 4 is 23.1 Å². The van der Waals surface area contributed by atoms with Crippen molar-refractivity contribution in [3.05, 3.63) is 116 Å². The molecule has 0 aromatic heterocycles. The highest BCUT2D eigenvalue weighted by Gasteiger charge is 2.56. The van der Waals surface area contributed by atoms with Gasteiger partial charge in [0.15, 0.2) is 11.4 Å². The molecule has 6 nitrogen and oxygen atoms in total. The number of aryl methyl sites for hydroxylation is 3. The second-order valence-electron chi connectivity index (χ2n) is 14.3. The molecule has 0 saturated heterocycles. The van der Waals surface area contributed by atoms with Crippen LogP contribution in [0.2, 0.25) is 0 Å². The van der Waals surface area contributed by atoms with Crippen molar-refractivity contribution in [2.24, 2.45) is 0 Å². The van der Waals surface area contributed by atoms with E-state index < -0.39 is 5.60 Å². The van der Waals surface area contributed by atoms with Gasteiger partial charge in [0.1, 0.15) is 11.5 Å². The van der Waals surface area contributed by atoms with Gasteiger partial charge >= 0.3 is 5.97 Å². The van der Waals surface area contributed by atoms with Crippen molar-refractivity contribution in [2.75, 3.05) is 36.0 Å². The van der Waals surface area contributed by atoms with Gasteiger partial charge in [-0.2, -0.15) is 0 Å². The minimum Gasteiger partial charge on any atom is -0.456 e. The van der Waals surface area contributed by atoms with E-state index in [-0.39, 0.29) is 11.8 Å². The van der Waals surface area contributed by atoms with Crippen molar-refractivity contribution < 1.29 is 19.1 Å². The average Bonchev–Trinajstić information content (AvgIpc) is 3.39. The highest BCUT2D eigenvalue weighted by Crippen LogP contribution is 2.62. The maximum absolute atomic E-state index is 14.2. The maximum Gasteiger partial charge on any atom is 0.340 e. The summed E-state index contributed by atoms with van der Waals surface area (Å²) < 4.78 is 14.0. The Labute approximate surface area is 275 Å². The van der Waals surface area contributed by atoms with Crippen LogP contribution >= 0.6 is 0 Å². The first-order valence-corrected chi connectivity index (χ1v) is 17.5. The molecule has 4 aromatic rings. The van der Waals surface area contributed by atoms with Crippen molar-refractivity contribution in [3.8, 4) is 11.5 Å². The second-order valence-corrected chi connectivity index (χ2v) is 14.3. The third-order valence-corrected chi connectivity index (χ3v) is 11.7. The summed E-state index contributed by atoms with van der Waals surface area (Å²) in [6.07, 6.45) is 8.61. The molecule has 0 unspecified atom stereocenters. The fourth-order valence-electron chi connectivity index (χ4n) is 9.59. The lowest BCUT2D eigenvalue weighted by molar-refractivity contribution is 0.0222. The second kappa shape index (κ2) is 9.96. The van der Waals surface area contributed by atoms with E-state index >= 15 is 0 Å². The molecule has 6 aliphatic heterocycles. The molecule has 47 heavy (non-hydrogen) atoms. The molecular formula is C41H38N2O4. The Morgan fingerprint density at radius 2 is 1.34 bits per heavy atom. The van der Waals surface area contributed by atoms with Gasteiger partial charge in [-0.15, -0.1) is 0 Å². The van der Waals surface area contributed by atoms with Gasteiger partial charge in [0.2, 0.25) is 0 Å². The molecule has 0 atom stereocenters. The number of rotatable bonds is 3. The number of anilines is 2. The van der Waals surface area contributed by atoms with E-state index in [0.29, 0.717) is 17.5 Å². The first kappa shape index (κ1) is 27.5. The van der Waals surface area contributed by atoms with Crippen LogP contribution in [0.4, 0.5) is 11.4 Å². The van der Waals surface area contributed by atoms with Gasteiger partial charge in [-0.1, -0.05) is 36.4 Å². The predicted molar refractivity (Wildman–Crippen MR) is 182 cm³/mol. The van der Waals surface area contributed by atoms with Crippen LogP contribution in [0.15, 0.2) is 54.6 Å². The summed E-state index contributed by atoms with van der Waals surface area (Å²) in [6.45, 7) is 6.33. The van der Waals surface area contributed by atoms with Crippen LogP contribution in [0.5, 0.6) is 11.5 Å². The number of Topliss-reactive ketones (excluding diaryl/α,β-unsaturated/α-hetero) is 1. The number of benzene rings is 4. The van der Waals surface area contributed by atoms with Crippen molar-refractivity contribution in [3.63, 3.8) is 0 Å². The summed E-state index contributed by atoms with van der Waals surface area (Å²) in [7, 11) is 0. The van der Waals surface area contributed by atoms with Gasteiger partial charge in [0, 0.05) is 77.4 Å². The Morgan fingerprint density at radius 3 is 1.96 bits per heavy atom. The molecule has 0 aliphatic carbocycles. The fourth-order valence-corrected chi connectivity index (χ4v) is 9.59. The van der Waals surface area contributed by atoms with Gasteiger partial charge in [0.05, 0.1) is 5.56 Å². The van der Waals surface area contributed by atoms with Gasteiger partial charge in [-0.25, -0.2) is 4.79 Å². The predicted octanol–water partition coefficient (Wildman–Crippen LogP) is 7.39. The number of hydrogen-bond donors (Lipinski definition) is 0. The maximum atomic E-state index is 14.2. The monoisotopic (exact) mass is 622 g/mol. The highest BCUT2D eigenvalue weighted by atomic mass is 16.6. The molecule has 0 saturated carbocycles. The Morgan fingerprint density at radius 1 is 0.745 bits per heavy atom. The quantitative estimate of drug-likeness (QED) is 0.176. The van der Waals surface area contributed by atoms with Crippen LogP contribution in [0, 0.1) is 6.92 Å². The molecular weight excluding hydrogens is 584 g/mol. The highest BCUT2D eigenvalue weighted by molar-refractivity contribution is 6.03. The molecule has 4 aromatic carbocycles. The van der Waals surface area contributed by atoms with Crippen LogP contribution in [0.25, 0.3) is 0 Å². The average molecular weight is 623 g/mol. The normalized spacial score (nSPS) is 19.2. The summed E-state index contributed by atoms with van der Waals surface area (Å²) in [4.78, 5) is 32.9. The van der Waals surface area contributed by atoms with Gasteiger partial charge < -0.3 is 19.3 Å². The minimum absolute atomic E-state index is 0.000746. The van der Waals surface area contributed by atoms with E-state index in [1.807, 2.05) is 43.3 Å². The van der Waals surface area contributed by atoms with Crippen LogP contribution in [-0.4, -0.2) is 37.9 Å². The van der Waals surface area contributed by atoms with Crippen molar-refractivity contribution in [2.45, 2.75) is 70.3 Å². The van der Waals surface area contributed by atoms with Gasteiger partial charge in [-0.05, 0) is 98.7 Å². The molecule has 0 amide bonds. The summed E-state index contributed by atoms with van der Waals surface area (Å²) in [5.41, 5.74) is 12.6. The molecule has 0 N–H and O–H groups in total. The molecule has 6 heterocycles. The first-order chi connectivity index (χ1) is 23.0. The van der Waals surface area contributed by atoms with Crippen molar-refractivity contribution in [1.82, 2.24) is 0 Å². The summed E-state index contributed by atoms with van der Waals surface area (Å²) in [5.74, 6) is 1.39. The van der Waals surface area contributed by atoms with E-state index in [0.717, 1.165) is 117 Å². The standard InChI is InChI=1S/C41H38N2O4/c1-24-8-2-3-9-25(24)23-35(44)26-14-15-32-31(20-26)40(45)47-41(32)33-21-27-10-4-16-42-18-6-12-29(36(27)42)38(33)46-39-30-13-7-19-43-17-5-11-28(37(30)43)22-34(39)41/h2-3,8-9,14-15,20-22H,4-7,10-13,16-19,23H2,1H3. The number of nitrogens with zero attached hydrogens (tertiary/aromatic N) is 2. The number of carbonyl (C=O) groups is 2. The number of hydrogen-bond acceptors (Lipinski definition) is 6. The van der Waals surface area contributed by atoms with Crippen LogP contribution in [0.3, 0.4) is 0 Å². The lowest BCUT2D eigenvalue weighted by atomic mass is 9.72. The molecule has 236 valence electrons. The van der Waals surface area contributed by atoms with E-state index in [4.69, 9.17) is 9.47 Å². The number of ether oxygens (including phenoxy) is 2. The number of fused-ring (bicyclic) bond motifs is 8. The number of carbonyl (C=O) groups excluding carboxylic acids is 2. The third-order valence-electron chi connectivity index (χ3n) is 11.7. The van der Waals surface area contributed by atoms with E-state index in [1.54, 1.807) is 6.07 Å². The number of esters is 1.